The molecule has 1 N–H and O–H groups in total. The van der Waals surface area contributed by atoms with Crippen LogP contribution in [-0.2, 0) is 4.79 Å². The van der Waals surface area contributed by atoms with Gasteiger partial charge in [-0.05, 0) is 26.3 Å². The molecular formula is C15H16N4OS3. The van der Waals surface area contributed by atoms with Crippen LogP contribution in [0.1, 0.15) is 22.6 Å². The van der Waals surface area contributed by atoms with Crippen molar-refractivity contribution in [2.24, 2.45) is 0 Å². The molecular weight excluding hydrogens is 348 g/mol. The summed E-state index contributed by atoms with van der Waals surface area (Å²) in [5.41, 5.74) is 2.15. The van der Waals surface area contributed by atoms with E-state index in [0.29, 0.717) is 17.3 Å². The van der Waals surface area contributed by atoms with Gasteiger partial charge >= 0.3 is 0 Å². The summed E-state index contributed by atoms with van der Waals surface area (Å²) in [6, 6.07) is 0. The molecule has 0 saturated heterocycles. The number of thioether (sulfide) groups is 1. The molecule has 3 aromatic rings. The molecule has 3 aromatic heterocycles. The molecule has 8 heteroatoms. The van der Waals surface area contributed by atoms with E-state index < -0.39 is 0 Å². The van der Waals surface area contributed by atoms with E-state index in [1.807, 2.05) is 12.3 Å². The Bertz CT molecular complexity index is 856. The molecule has 0 radical (unpaired) electrons. The van der Waals surface area contributed by atoms with Gasteiger partial charge in [0.05, 0.1) is 5.69 Å². The topological polar surface area (TPSA) is 67.8 Å². The molecule has 0 aliphatic heterocycles. The van der Waals surface area contributed by atoms with Crippen molar-refractivity contribution in [3.63, 3.8) is 0 Å². The fraction of sp³-hybridized carbons (Fsp3) is 0.333. The van der Waals surface area contributed by atoms with E-state index in [-0.39, 0.29) is 5.91 Å². The molecule has 1 amide bonds. The van der Waals surface area contributed by atoms with Crippen molar-refractivity contribution >= 4 is 55.7 Å². The summed E-state index contributed by atoms with van der Waals surface area (Å²) in [5, 5.41) is 7.48. The Balaban J connectivity index is 1.61. The number of aryl methyl sites for hydroxylation is 3. The van der Waals surface area contributed by atoms with Gasteiger partial charge < -0.3 is 5.32 Å². The van der Waals surface area contributed by atoms with Crippen LogP contribution in [0.25, 0.3) is 10.2 Å². The Morgan fingerprint density at radius 2 is 2.13 bits per heavy atom. The fourth-order valence-corrected chi connectivity index (χ4v) is 4.86. The van der Waals surface area contributed by atoms with Gasteiger partial charge in [-0.1, -0.05) is 0 Å². The number of anilines is 1. The van der Waals surface area contributed by atoms with Crippen LogP contribution in [0.3, 0.4) is 0 Å². The van der Waals surface area contributed by atoms with Crippen molar-refractivity contribution in [2.75, 3.05) is 11.1 Å². The minimum Gasteiger partial charge on any atom is -0.302 e. The highest BCUT2D eigenvalue weighted by Crippen LogP contribution is 2.34. The molecule has 0 aromatic carbocycles. The lowest BCUT2D eigenvalue weighted by Crippen LogP contribution is -2.12. The van der Waals surface area contributed by atoms with Crippen molar-refractivity contribution in [3.8, 4) is 0 Å². The van der Waals surface area contributed by atoms with Crippen molar-refractivity contribution in [1.29, 1.82) is 0 Å². The lowest BCUT2D eigenvalue weighted by Gasteiger charge is -2.04. The molecule has 0 atom stereocenters. The Morgan fingerprint density at radius 1 is 1.30 bits per heavy atom. The van der Waals surface area contributed by atoms with E-state index in [1.54, 1.807) is 29.4 Å². The molecule has 0 spiro atoms. The normalized spacial score (nSPS) is 11.1. The number of aromatic nitrogens is 3. The summed E-state index contributed by atoms with van der Waals surface area (Å²) in [5.74, 6) is 0.659. The number of thiazole rings is 1. The predicted molar refractivity (Wildman–Crippen MR) is 97.7 cm³/mol. The molecule has 0 fully saturated rings. The van der Waals surface area contributed by atoms with E-state index in [0.717, 1.165) is 20.9 Å². The summed E-state index contributed by atoms with van der Waals surface area (Å²) in [6.07, 6.45) is 2.02. The zero-order valence-electron chi connectivity index (χ0n) is 13.0. The number of hydrogen-bond acceptors (Lipinski definition) is 7. The van der Waals surface area contributed by atoms with Gasteiger partial charge in [0, 0.05) is 27.8 Å². The number of nitrogens with zero attached hydrogens (tertiary/aromatic N) is 3. The number of carbonyl (C=O) groups is 1. The Kier molecular flexibility index (Phi) is 4.93. The van der Waals surface area contributed by atoms with E-state index in [4.69, 9.17) is 0 Å². The smallest absolute Gasteiger partial charge is 0.226 e. The quantitative estimate of drug-likeness (QED) is 0.543. The van der Waals surface area contributed by atoms with Crippen LogP contribution in [0.5, 0.6) is 0 Å². The van der Waals surface area contributed by atoms with Gasteiger partial charge in [-0.25, -0.2) is 15.0 Å². The summed E-state index contributed by atoms with van der Waals surface area (Å²) in [6.45, 7) is 6.10. The van der Waals surface area contributed by atoms with Crippen LogP contribution < -0.4 is 5.32 Å². The number of rotatable bonds is 5. The van der Waals surface area contributed by atoms with Crippen molar-refractivity contribution in [3.05, 3.63) is 27.8 Å². The highest BCUT2D eigenvalue weighted by Gasteiger charge is 2.13. The van der Waals surface area contributed by atoms with E-state index in [2.05, 4.69) is 34.1 Å². The van der Waals surface area contributed by atoms with Crippen LogP contribution in [0.4, 0.5) is 5.13 Å². The minimum absolute atomic E-state index is 0.0182. The first-order valence-electron chi connectivity index (χ1n) is 7.10. The molecule has 0 aliphatic carbocycles. The lowest BCUT2D eigenvalue weighted by atomic mass is 10.2. The van der Waals surface area contributed by atoms with Gasteiger partial charge in [0.15, 0.2) is 5.13 Å². The third-order valence-corrected chi connectivity index (χ3v) is 6.35. The average molecular weight is 365 g/mol. The van der Waals surface area contributed by atoms with Gasteiger partial charge in [-0.15, -0.1) is 34.4 Å². The monoisotopic (exact) mass is 364 g/mol. The zero-order valence-corrected chi connectivity index (χ0v) is 15.5. The first-order chi connectivity index (χ1) is 11.0. The first kappa shape index (κ1) is 16.4. The summed E-state index contributed by atoms with van der Waals surface area (Å²) in [7, 11) is 0. The van der Waals surface area contributed by atoms with E-state index in [9.17, 15) is 4.79 Å². The van der Waals surface area contributed by atoms with Crippen molar-refractivity contribution < 1.29 is 4.79 Å². The highest BCUT2D eigenvalue weighted by molar-refractivity contribution is 7.99. The Morgan fingerprint density at radius 3 is 2.87 bits per heavy atom. The Labute approximate surface area is 146 Å². The van der Waals surface area contributed by atoms with Crippen LogP contribution in [0.2, 0.25) is 0 Å². The summed E-state index contributed by atoms with van der Waals surface area (Å²) >= 11 is 4.73. The number of fused-ring (bicyclic) bond motifs is 1. The van der Waals surface area contributed by atoms with Gasteiger partial charge in [0.1, 0.15) is 16.2 Å². The van der Waals surface area contributed by atoms with E-state index in [1.165, 1.54) is 21.8 Å². The molecule has 3 rings (SSSR count). The third kappa shape index (κ3) is 3.70. The SMILES string of the molecule is Cc1csc(NC(=O)CCSc2ncnc3sc(C)c(C)c23)n1. The van der Waals surface area contributed by atoms with Gasteiger partial charge in [-0.3, -0.25) is 4.79 Å². The standard InChI is InChI=1S/C15H16N4OS3/c1-8-6-22-15(18-8)19-11(20)4-5-21-13-12-9(2)10(3)23-14(12)17-7-16-13/h6-7H,4-5H2,1-3H3,(H,18,19,20). The lowest BCUT2D eigenvalue weighted by molar-refractivity contribution is -0.115. The number of nitrogens with one attached hydrogen (secondary N) is 1. The number of carbonyl (C=O) groups excluding carboxylic acids is 1. The largest absolute Gasteiger partial charge is 0.302 e. The zero-order chi connectivity index (χ0) is 16.4. The molecule has 3 heterocycles. The minimum atomic E-state index is -0.0182. The maximum atomic E-state index is 12.0. The molecule has 5 nitrogen and oxygen atoms in total. The van der Waals surface area contributed by atoms with E-state index >= 15 is 0 Å². The van der Waals surface area contributed by atoms with Crippen LogP contribution >= 0.6 is 34.4 Å². The second-order valence-corrected chi connectivity index (χ2v) is 8.23. The maximum absolute atomic E-state index is 12.0. The van der Waals surface area contributed by atoms with Crippen molar-refractivity contribution in [2.45, 2.75) is 32.2 Å². The number of hydrogen-bond donors (Lipinski definition) is 1. The molecule has 120 valence electrons. The molecule has 0 unspecified atom stereocenters. The average Bonchev–Trinajstić information content (AvgIpc) is 3.04. The van der Waals surface area contributed by atoms with Crippen LogP contribution in [-0.4, -0.2) is 26.6 Å². The Hall–Kier alpha value is -1.51. The van der Waals surface area contributed by atoms with Gasteiger partial charge in [0.2, 0.25) is 5.91 Å². The molecule has 23 heavy (non-hydrogen) atoms. The molecule has 0 bridgehead atoms. The second kappa shape index (κ2) is 6.94. The third-order valence-electron chi connectivity index (χ3n) is 3.36. The summed E-state index contributed by atoms with van der Waals surface area (Å²) in [4.78, 5) is 27.2. The second-order valence-electron chi connectivity index (χ2n) is 5.08. The van der Waals surface area contributed by atoms with Crippen LogP contribution in [0.15, 0.2) is 16.7 Å². The van der Waals surface area contributed by atoms with Gasteiger partial charge in [-0.2, -0.15) is 0 Å². The number of thiophene rings is 1. The first-order valence-corrected chi connectivity index (χ1v) is 9.78. The fourth-order valence-electron chi connectivity index (χ4n) is 2.09. The van der Waals surface area contributed by atoms with Crippen LogP contribution in [0, 0.1) is 20.8 Å². The predicted octanol–water partition coefficient (Wildman–Crippen LogP) is 4.19. The van der Waals surface area contributed by atoms with Gasteiger partial charge in [0.25, 0.3) is 0 Å². The molecule has 0 aliphatic rings. The maximum Gasteiger partial charge on any atom is 0.226 e. The molecule has 0 saturated carbocycles. The highest BCUT2D eigenvalue weighted by atomic mass is 32.2. The summed E-state index contributed by atoms with van der Waals surface area (Å²) < 4.78 is 0. The number of amides is 1. The van der Waals surface area contributed by atoms with Crippen molar-refractivity contribution in [1.82, 2.24) is 15.0 Å².